The van der Waals surface area contributed by atoms with Crippen LogP contribution in [0.1, 0.15) is 41.5 Å². The van der Waals surface area contributed by atoms with Crippen LogP contribution in [0.4, 0.5) is 5.69 Å². The summed E-state index contributed by atoms with van der Waals surface area (Å²) in [6.45, 7) is 9.27. The SMILES string of the molecule is C=CCNS(=O)(=O)c1ccc(C(=O)Nc2ccc(C(=O)NC(C)(C)C)cc2)cc1. The first kappa shape index (κ1) is 22.3. The summed E-state index contributed by atoms with van der Waals surface area (Å²) in [5, 5.41) is 5.58. The van der Waals surface area contributed by atoms with E-state index in [0.717, 1.165) is 0 Å². The van der Waals surface area contributed by atoms with E-state index in [4.69, 9.17) is 0 Å². The Kier molecular flexibility index (Phi) is 6.94. The van der Waals surface area contributed by atoms with Gasteiger partial charge in [-0.2, -0.15) is 0 Å². The van der Waals surface area contributed by atoms with Gasteiger partial charge in [-0.3, -0.25) is 9.59 Å². The van der Waals surface area contributed by atoms with Gasteiger partial charge >= 0.3 is 0 Å². The van der Waals surface area contributed by atoms with Gasteiger partial charge in [0.25, 0.3) is 11.8 Å². The molecule has 0 saturated carbocycles. The molecule has 0 unspecified atom stereocenters. The minimum atomic E-state index is -3.64. The van der Waals surface area contributed by atoms with Crippen LogP contribution in [0.5, 0.6) is 0 Å². The average Bonchev–Trinajstić information content (AvgIpc) is 2.65. The predicted molar refractivity (Wildman–Crippen MR) is 113 cm³/mol. The number of nitrogens with one attached hydrogen (secondary N) is 3. The van der Waals surface area contributed by atoms with Crippen LogP contribution in [0.2, 0.25) is 0 Å². The summed E-state index contributed by atoms with van der Waals surface area (Å²) in [5.74, 6) is -0.586. The van der Waals surface area contributed by atoms with Crippen LogP contribution in [0.3, 0.4) is 0 Å². The molecule has 8 heteroatoms. The van der Waals surface area contributed by atoms with E-state index in [0.29, 0.717) is 16.8 Å². The van der Waals surface area contributed by atoms with Crippen molar-refractivity contribution >= 4 is 27.5 Å². The van der Waals surface area contributed by atoms with Crippen molar-refractivity contribution in [2.75, 3.05) is 11.9 Å². The molecule has 2 amide bonds. The van der Waals surface area contributed by atoms with E-state index in [2.05, 4.69) is 21.9 Å². The summed E-state index contributed by atoms with van der Waals surface area (Å²) in [7, 11) is -3.64. The van der Waals surface area contributed by atoms with E-state index in [9.17, 15) is 18.0 Å². The van der Waals surface area contributed by atoms with Crippen LogP contribution >= 0.6 is 0 Å². The molecule has 2 aromatic carbocycles. The number of hydrogen-bond donors (Lipinski definition) is 3. The highest BCUT2D eigenvalue weighted by molar-refractivity contribution is 7.89. The molecule has 29 heavy (non-hydrogen) atoms. The normalized spacial score (nSPS) is 11.6. The van der Waals surface area contributed by atoms with E-state index < -0.39 is 10.0 Å². The van der Waals surface area contributed by atoms with Crippen molar-refractivity contribution in [3.8, 4) is 0 Å². The highest BCUT2D eigenvalue weighted by atomic mass is 32.2. The minimum Gasteiger partial charge on any atom is -0.347 e. The van der Waals surface area contributed by atoms with Crippen molar-refractivity contribution in [2.45, 2.75) is 31.2 Å². The van der Waals surface area contributed by atoms with Gasteiger partial charge in [0, 0.05) is 28.9 Å². The second-order valence-corrected chi connectivity index (χ2v) is 9.17. The molecule has 0 radical (unpaired) electrons. The third kappa shape index (κ3) is 6.55. The molecule has 0 saturated heterocycles. The van der Waals surface area contributed by atoms with Crippen molar-refractivity contribution in [1.29, 1.82) is 0 Å². The predicted octanol–water partition coefficient (Wildman–Crippen LogP) is 2.93. The van der Waals surface area contributed by atoms with Crippen LogP contribution in [0.15, 0.2) is 66.1 Å². The molecule has 0 aliphatic carbocycles. The summed E-state index contributed by atoms with van der Waals surface area (Å²) >= 11 is 0. The molecule has 154 valence electrons. The molecular formula is C21H25N3O4S. The van der Waals surface area contributed by atoms with Crippen molar-refractivity contribution in [3.63, 3.8) is 0 Å². The summed E-state index contributed by atoms with van der Waals surface area (Å²) in [5.41, 5.74) is 0.971. The zero-order chi connectivity index (χ0) is 21.7. The lowest BCUT2D eigenvalue weighted by Crippen LogP contribution is -2.40. The third-order valence-corrected chi connectivity index (χ3v) is 5.18. The summed E-state index contributed by atoms with van der Waals surface area (Å²) in [6.07, 6.45) is 1.44. The molecule has 0 spiro atoms. The fourth-order valence-corrected chi connectivity index (χ4v) is 3.36. The molecule has 0 bridgehead atoms. The van der Waals surface area contributed by atoms with E-state index in [-0.39, 0.29) is 28.8 Å². The summed E-state index contributed by atoms with van der Waals surface area (Å²) < 4.78 is 26.5. The molecule has 2 rings (SSSR count). The van der Waals surface area contributed by atoms with Gasteiger partial charge < -0.3 is 10.6 Å². The highest BCUT2D eigenvalue weighted by Crippen LogP contribution is 2.15. The molecule has 2 aromatic rings. The van der Waals surface area contributed by atoms with Crippen LogP contribution in [0, 0.1) is 0 Å². The third-order valence-electron chi connectivity index (χ3n) is 3.74. The maximum atomic E-state index is 12.4. The van der Waals surface area contributed by atoms with Crippen LogP contribution in [-0.4, -0.2) is 32.3 Å². The van der Waals surface area contributed by atoms with Crippen LogP contribution < -0.4 is 15.4 Å². The quantitative estimate of drug-likeness (QED) is 0.605. The Morgan fingerprint density at radius 1 is 0.931 bits per heavy atom. The Balaban J connectivity index is 2.05. The zero-order valence-corrected chi connectivity index (χ0v) is 17.5. The number of amides is 2. The molecule has 7 nitrogen and oxygen atoms in total. The first-order chi connectivity index (χ1) is 13.5. The van der Waals surface area contributed by atoms with Gasteiger partial charge in [-0.1, -0.05) is 6.08 Å². The molecule has 0 heterocycles. The van der Waals surface area contributed by atoms with Gasteiger partial charge in [-0.15, -0.1) is 6.58 Å². The number of rotatable bonds is 7. The van der Waals surface area contributed by atoms with Crippen molar-refractivity contribution < 1.29 is 18.0 Å². The number of carbonyl (C=O) groups is 2. The second kappa shape index (κ2) is 9.02. The number of carbonyl (C=O) groups excluding carboxylic acids is 2. The van der Waals surface area contributed by atoms with E-state index >= 15 is 0 Å². The van der Waals surface area contributed by atoms with Gasteiger partial charge in [-0.05, 0) is 69.3 Å². The van der Waals surface area contributed by atoms with Gasteiger partial charge in [0.2, 0.25) is 10.0 Å². The Hall–Kier alpha value is -2.97. The topological polar surface area (TPSA) is 104 Å². The standard InChI is InChI=1S/C21H25N3O4S/c1-5-14-22-29(27,28)18-12-8-15(9-13-18)19(25)23-17-10-6-16(7-11-17)20(26)24-21(2,3)4/h5-13,22H,1,14H2,2-4H3,(H,23,25)(H,24,26). The number of benzene rings is 2. The average molecular weight is 416 g/mol. The largest absolute Gasteiger partial charge is 0.347 e. The fourth-order valence-electron chi connectivity index (χ4n) is 2.36. The van der Waals surface area contributed by atoms with Crippen molar-refractivity contribution in [1.82, 2.24) is 10.0 Å². The van der Waals surface area contributed by atoms with E-state index in [1.165, 1.54) is 30.3 Å². The lowest BCUT2D eigenvalue weighted by atomic mass is 10.1. The molecular weight excluding hydrogens is 390 g/mol. The van der Waals surface area contributed by atoms with Gasteiger partial charge in [-0.25, -0.2) is 13.1 Å². The lowest BCUT2D eigenvalue weighted by Gasteiger charge is -2.20. The first-order valence-corrected chi connectivity index (χ1v) is 10.4. The summed E-state index contributed by atoms with van der Waals surface area (Å²) in [6, 6.07) is 12.1. The maximum Gasteiger partial charge on any atom is 0.255 e. The summed E-state index contributed by atoms with van der Waals surface area (Å²) in [4.78, 5) is 24.6. The Labute approximate surface area is 171 Å². The van der Waals surface area contributed by atoms with Gasteiger partial charge in [0.15, 0.2) is 0 Å². The van der Waals surface area contributed by atoms with E-state index in [1.807, 2.05) is 20.8 Å². The number of hydrogen-bond acceptors (Lipinski definition) is 4. The van der Waals surface area contributed by atoms with E-state index in [1.54, 1.807) is 24.3 Å². The minimum absolute atomic E-state index is 0.0603. The van der Waals surface area contributed by atoms with Gasteiger partial charge in [0.1, 0.15) is 0 Å². The second-order valence-electron chi connectivity index (χ2n) is 7.40. The molecule has 0 atom stereocenters. The Morgan fingerprint density at radius 3 is 1.97 bits per heavy atom. The molecule has 0 aliphatic heterocycles. The zero-order valence-electron chi connectivity index (χ0n) is 16.7. The Bertz CT molecular complexity index is 990. The molecule has 0 aromatic heterocycles. The Morgan fingerprint density at radius 2 is 1.45 bits per heavy atom. The number of anilines is 1. The maximum absolute atomic E-state index is 12.4. The van der Waals surface area contributed by atoms with Crippen molar-refractivity contribution in [2.24, 2.45) is 0 Å². The smallest absolute Gasteiger partial charge is 0.255 e. The molecule has 3 N–H and O–H groups in total. The van der Waals surface area contributed by atoms with Gasteiger partial charge in [0.05, 0.1) is 4.90 Å². The fraction of sp³-hybridized carbons (Fsp3) is 0.238. The number of sulfonamides is 1. The van der Waals surface area contributed by atoms with Crippen LogP contribution in [0.25, 0.3) is 0 Å². The molecule has 0 fully saturated rings. The van der Waals surface area contributed by atoms with Crippen LogP contribution in [-0.2, 0) is 10.0 Å². The highest BCUT2D eigenvalue weighted by Gasteiger charge is 2.16. The lowest BCUT2D eigenvalue weighted by molar-refractivity contribution is 0.0919. The first-order valence-electron chi connectivity index (χ1n) is 8.96. The van der Waals surface area contributed by atoms with Crippen molar-refractivity contribution in [3.05, 3.63) is 72.3 Å². The molecule has 0 aliphatic rings. The monoisotopic (exact) mass is 415 g/mol.